The first-order chi connectivity index (χ1) is 12.4. The van der Waals surface area contributed by atoms with Crippen molar-refractivity contribution in [1.29, 1.82) is 0 Å². The Morgan fingerprint density at radius 1 is 1.23 bits per heavy atom. The number of aromatic nitrogens is 1. The van der Waals surface area contributed by atoms with Gasteiger partial charge in [0.05, 0.1) is 11.6 Å². The van der Waals surface area contributed by atoms with Gasteiger partial charge in [0.25, 0.3) is 0 Å². The number of piperidine rings is 1. The molecule has 2 N–H and O–H groups in total. The van der Waals surface area contributed by atoms with E-state index in [0.717, 1.165) is 18.1 Å². The highest BCUT2D eigenvalue weighted by Gasteiger charge is 2.32. The van der Waals surface area contributed by atoms with Crippen LogP contribution in [0.4, 0.5) is 10.2 Å². The average molecular weight is 360 g/mol. The van der Waals surface area contributed by atoms with E-state index in [2.05, 4.69) is 0 Å². The Bertz CT molecular complexity index is 960. The van der Waals surface area contributed by atoms with E-state index in [1.807, 2.05) is 16.4 Å². The number of carboxylic acids is 1. The van der Waals surface area contributed by atoms with E-state index in [-0.39, 0.29) is 17.0 Å². The zero-order valence-corrected chi connectivity index (χ0v) is 14.5. The molecule has 1 fully saturated rings. The van der Waals surface area contributed by atoms with Gasteiger partial charge in [0, 0.05) is 24.5 Å². The van der Waals surface area contributed by atoms with Crippen LogP contribution in [-0.2, 0) is 6.42 Å². The highest BCUT2D eigenvalue weighted by atomic mass is 19.1. The van der Waals surface area contributed by atoms with Crippen LogP contribution in [0.25, 0.3) is 10.9 Å². The van der Waals surface area contributed by atoms with E-state index in [1.54, 1.807) is 0 Å². The van der Waals surface area contributed by atoms with Crippen molar-refractivity contribution in [2.24, 2.45) is 0 Å². The van der Waals surface area contributed by atoms with Gasteiger partial charge in [-0.2, -0.15) is 0 Å². The standard InChI is InChI=1S/C19H21FN2O4/c1-10-2-3-11-8-12(20)9-14-16(11)22(10)18(15(17(14)24)19(25)26)21-6-4-13(23)5-7-21/h8-10,13,23H,2-7H2,1H3,(H,25,26)/t10-/m0/s1. The molecule has 0 radical (unpaired) electrons. The van der Waals surface area contributed by atoms with Gasteiger partial charge in [0.15, 0.2) is 0 Å². The van der Waals surface area contributed by atoms with Gasteiger partial charge in [-0.15, -0.1) is 0 Å². The van der Waals surface area contributed by atoms with Crippen LogP contribution in [0.2, 0.25) is 0 Å². The minimum atomic E-state index is -1.30. The largest absolute Gasteiger partial charge is 0.477 e. The summed E-state index contributed by atoms with van der Waals surface area (Å²) in [5.74, 6) is -1.43. The fraction of sp³-hybridized carbons (Fsp3) is 0.474. The topological polar surface area (TPSA) is 82.8 Å². The number of aromatic carboxylic acids is 1. The Balaban J connectivity index is 2.10. The molecule has 6 nitrogen and oxygen atoms in total. The predicted molar refractivity (Wildman–Crippen MR) is 95.6 cm³/mol. The molecule has 1 aromatic heterocycles. The maximum absolute atomic E-state index is 14.0. The summed E-state index contributed by atoms with van der Waals surface area (Å²) in [6.45, 7) is 2.95. The lowest BCUT2D eigenvalue weighted by Gasteiger charge is -2.38. The van der Waals surface area contributed by atoms with Crippen LogP contribution in [0.5, 0.6) is 0 Å². The minimum Gasteiger partial charge on any atom is -0.477 e. The average Bonchev–Trinajstić information content (AvgIpc) is 2.59. The third-order valence-corrected chi connectivity index (χ3v) is 5.57. The number of aryl methyl sites for hydroxylation is 1. The van der Waals surface area contributed by atoms with Crippen LogP contribution in [-0.4, -0.2) is 39.9 Å². The third-order valence-electron chi connectivity index (χ3n) is 5.57. The molecule has 2 aliphatic rings. The van der Waals surface area contributed by atoms with Gasteiger partial charge in [-0.25, -0.2) is 9.18 Å². The third kappa shape index (κ3) is 2.49. The summed E-state index contributed by atoms with van der Waals surface area (Å²) < 4.78 is 15.9. The van der Waals surface area contributed by atoms with Gasteiger partial charge >= 0.3 is 5.97 Å². The van der Waals surface area contributed by atoms with Crippen LogP contribution >= 0.6 is 0 Å². The molecule has 4 rings (SSSR count). The van der Waals surface area contributed by atoms with E-state index in [0.29, 0.717) is 43.7 Å². The van der Waals surface area contributed by atoms with Gasteiger partial charge < -0.3 is 19.7 Å². The molecule has 138 valence electrons. The van der Waals surface area contributed by atoms with Crippen LogP contribution in [0.1, 0.15) is 48.1 Å². The molecule has 2 aliphatic heterocycles. The number of pyridine rings is 1. The maximum atomic E-state index is 14.0. The molecule has 0 amide bonds. The second-order valence-corrected chi connectivity index (χ2v) is 7.27. The highest BCUT2D eigenvalue weighted by Crippen LogP contribution is 2.37. The lowest BCUT2D eigenvalue weighted by Crippen LogP contribution is -2.41. The number of carbonyl (C=O) groups is 1. The van der Waals surface area contributed by atoms with Crippen molar-refractivity contribution in [2.45, 2.75) is 44.8 Å². The van der Waals surface area contributed by atoms with Gasteiger partial charge in [-0.1, -0.05) is 0 Å². The fourth-order valence-corrected chi connectivity index (χ4v) is 4.27. The smallest absolute Gasteiger partial charge is 0.343 e. The van der Waals surface area contributed by atoms with Gasteiger partial charge in [0.1, 0.15) is 17.2 Å². The first-order valence-electron chi connectivity index (χ1n) is 8.95. The van der Waals surface area contributed by atoms with E-state index < -0.39 is 23.3 Å². The van der Waals surface area contributed by atoms with Crippen molar-refractivity contribution < 1.29 is 19.4 Å². The second kappa shape index (κ2) is 6.09. The first-order valence-corrected chi connectivity index (χ1v) is 8.95. The summed E-state index contributed by atoms with van der Waals surface area (Å²) in [5.41, 5.74) is 0.436. The Hall–Kier alpha value is -2.41. The zero-order valence-electron chi connectivity index (χ0n) is 14.5. The van der Waals surface area contributed by atoms with Crippen LogP contribution in [0, 0.1) is 5.82 Å². The van der Waals surface area contributed by atoms with Crippen molar-refractivity contribution >= 4 is 22.7 Å². The van der Waals surface area contributed by atoms with Crippen LogP contribution in [0.3, 0.4) is 0 Å². The molecule has 1 atom stereocenters. The molecule has 0 aliphatic carbocycles. The Morgan fingerprint density at radius 3 is 2.58 bits per heavy atom. The summed E-state index contributed by atoms with van der Waals surface area (Å²) in [4.78, 5) is 26.8. The number of hydrogen-bond donors (Lipinski definition) is 2. The number of aliphatic hydroxyl groups is 1. The Labute approximate surface area is 149 Å². The van der Waals surface area contributed by atoms with Gasteiger partial charge in [0.2, 0.25) is 5.43 Å². The lowest BCUT2D eigenvalue weighted by molar-refractivity contribution is 0.0695. The molecule has 3 heterocycles. The van der Waals surface area contributed by atoms with E-state index in [9.17, 15) is 24.2 Å². The van der Waals surface area contributed by atoms with Crippen molar-refractivity contribution in [3.63, 3.8) is 0 Å². The second-order valence-electron chi connectivity index (χ2n) is 7.27. The Morgan fingerprint density at radius 2 is 1.92 bits per heavy atom. The lowest BCUT2D eigenvalue weighted by atomic mass is 9.94. The normalized spacial score (nSPS) is 20.6. The number of aliphatic hydroxyl groups excluding tert-OH is 1. The van der Waals surface area contributed by atoms with E-state index in [1.165, 1.54) is 6.07 Å². The summed E-state index contributed by atoms with van der Waals surface area (Å²) >= 11 is 0. The number of rotatable bonds is 2. The predicted octanol–water partition coefficient (Wildman–Crippen LogP) is 2.31. The molecule has 0 bridgehead atoms. The Kier molecular flexibility index (Phi) is 3.99. The van der Waals surface area contributed by atoms with Crippen molar-refractivity contribution in [2.75, 3.05) is 18.0 Å². The highest BCUT2D eigenvalue weighted by molar-refractivity contribution is 5.99. The zero-order chi connectivity index (χ0) is 18.6. The molecule has 1 saturated heterocycles. The molecule has 0 spiro atoms. The SMILES string of the molecule is C[C@H]1CCc2cc(F)cc3c(=O)c(C(=O)O)c(N4CCC(O)CC4)n1c23. The van der Waals surface area contributed by atoms with Gasteiger partial charge in [-0.3, -0.25) is 4.79 Å². The molecular weight excluding hydrogens is 339 g/mol. The maximum Gasteiger partial charge on any atom is 0.343 e. The number of nitrogens with zero attached hydrogens (tertiary/aromatic N) is 2. The summed E-state index contributed by atoms with van der Waals surface area (Å²) in [6, 6.07) is 2.58. The fourth-order valence-electron chi connectivity index (χ4n) is 4.27. The summed E-state index contributed by atoms with van der Waals surface area (Å²) in [7, 11) is 0. The number of carboxylic acid groups (broad SMARTS) is 1. The molecule has 0 unspecified atom stereocenters. The molecular formula is C19H21FN2O4. The molecule has 26 heavy (non-hydrogen) atoms. The van der Waals surface area contributed by atoms with Crippen molar-refractivity contribution in [3.05, 3.63) is 39.3 Å². The van der Waals surface area contributed by atoms with Crippen molar-refractivity contribution in [3.8, 4) is 0 Å². The monoisotopic (exact) mass is 360 g/mol. The molecule has 7 heteroatoms. The quantitative estimate of drug-likeness (QED) is 0.859. The van der Waals surface area contributed by atoms with Gasteiger partial charge in [-0.05, 0) is 50.3 Å². The van der Waals surface area contributed by atoms with Crippen LogP contribution < -0.4 is 10.3 Å². The number of benzene rings is 1. The molecule has 2 aromatic rings. The molecule has 0 saturated carbocycles. The summed E-state index contributed by atoms with van der Waals surface area (Å²) in [6.07, 6.45) is 2.04. The van der Waals surface area contributed by atoms with E-state index >= 15 is 0 Å². The summed E-state index contributed by atoms with van der Waals surface area (Å²) in [5, 5.41) is 19.7. The molecule has 1 aromatic carbocycles. The van der Waals surface area contributed by atoms with Crippen LogP contribution in [0.15, 0.2) is 16.9 Å². The number of hydrogen-bond acceptors (Lipinski definition) is 4. The first kappa shape index (κ1) is 17.0. The van der Waals surface area contributed by atoms with Crippen molar-refractivity contribution in [1.82, 2.24) is 4.57 Å². The van der Waals surface area contributed by atoms with E-state index in [4.69, 9.17) is 0 Å². The number of halogens is 1. The number of anilines is 1. The minimum absolute atomic E-state index is 0.00369.